The molecule has 3 rings (SSSR count). The molecule has 0 spiro atoms. The van der Waals surface area contributed by atoms with Gasteiger partial charge in [0.05, 0.1) is 13.7 Å². The van der Waals surface area contributed by atoms with E-state index in [2.05, 4.69) is 10.3 Å². The Bertz CT molecular complexity index is 612. The van der Waals surface area contributed by atoms with E-state index in [-0.39, 0.29) is 5.78 Å². The zero-order valence-corrected chi connectivity index (χ0v) is 11.7. The molecule has 1 aliphatic rings. The maximum atomic E-state index is 12.3. The number of aromatic amines is 1. The van der Waals surface area contributed by atoms with Crippen LogP contribution < -0.4 is 10.1 Å². The first-order valence-electron chi connectivity index (χ1n) is 7.19. The van der Waals surface area contributed by atoms with E-state index < -0.39 is 0 Å². The Labute approximate surface area is 118 Å². The van der Waals surface area contributed by atoms with Crippen molar-refractivity contribution in [3.05, 3.63) is 30.0 Å². The van der Waals surface area contributed by atoms with Gasteiger partial charge in [0.2, 0.25) is 0 Å². The second kappa shape index (κ2) is 5.67. The van der Waals surface area contributed by atoms with Gasteiger partial charge in [-0.25, -0.2) is 0 Å². The Hall–Kier alpha value is -1.81. The molecule has 0 aliphatic heterocycles. The monoisotopic (exact) mass is 272 g/mol. The average molecular weight is 272 g/mol. The lowest BCUT2D eigenvalue weighted by Crippen LogP contribution is -2.31. The van der Waals surface area contributed by atoms with Gasteiger partial charge in [0, 0.05) is 34.8 Å². The molecule has 0 amide bonds. The van der Waals surface area contributed by atoms with Crippen molar-refractivity contribution in [1.29, 1.82) is 0 Å². The average Bonchev–Trinajstić information content (AvgIpc) is 3.13. The van der Waals surface area contributed by atoms with Gasteiger partial charge >= 0.3 is 0 Å². The topological polar surface area (TPSA) is 54.1 Å². The summed E-state index contributed by atoms with van der Waals surface area (Å²) in [5.41, 5.74) is 1.70. The van der Waals surface area contributed by atoms with Gasteiger partial charge in [0.15, 0.2) is 5.78 Å². The minimum atomic E-state index is 0.147. The Kier molecular flexibility index (Phi) is 3.74. The maximum absolute atomic E-state index is 12.3. The summed E-state index contributed by atoms with van der Waals surface area (Å²) < 4.78 is 5.19. The Morgan fingerprint density at radius 1 is 1.40 bits per heavy atom. The molecule has 1 heterocycles. The molecule has 0 saturated heterocycles. The number of carbonyl (C=O) groups is 1. The van der Waals surface area contributed by atoms with Gasteiger partial charge in [0.25, 0.3) is 0 Å². The summed E-state index contributed by atoms with van der Waals surface area (Å²) in [4.78, 5) is 15.5. The Balaban J connectivity index is 1.73. The van der Waals surface area contributed by atoms with Crippen molar-refractivity contribution in [2.24, 2.45) is 0 Å². The molecule has 4 heteroatoms. The van der Waals surface area contributed by atoms with Gasteiger partial charge in [-0.05, 0) is 25.0 Å². The van der Waals surface area contributed by atoms with Gasteiger partial charge in [-0.3, -0.25) is 4.79 Å². The molecular formula is C16H20N2O2. The number of fused-ring (bicyclic) bond motifs is 1. The second-order valence-corrected chi connectivity index (χ2v) is 5.40. The molecule has 0 atom stereocenters. The van der Waals surface area contributed by atoms with E-state index in [0.717, 1.165) is 22.2 Å². The molecule has 2 aromatic rings. The smallest absolute Gasteiger partial charge is 0.178 e. The second-order valence-electron chi connectivity index (χ2n) is 5.40. The number of Topliss-reactive ketones (excluding diaryl/α,β-unsaturated/α-hetero) is 1. The molecule has 0 bridgehead atoms. The maximum Gasteiger partial charge on any atom is 0.178 e. The molecule has 1 aliphatic carbocycles. The number of nitrogens with one attached hydrogen (secondary N) is 2. The predicted octanol–water partition coefficient (Wildman–Crippen LogP) is 2.89. The zero-order valence-electron chi connectivity index (χ0n) is 11.7. The van der Waals surface area contributed by atoms with Crippen LogP contribution in [0.5, 0.6) is 5.75 Å². The summed E-state index contributed by atoms with van der Waals surface area (Å²) in [5, 5.41) is 4.33. The number of aromatic nitrogens is 1. The fourth-order valence-electron chi connectivity index (χ4n) is 2.93. The van der Waals surface area contributed by atoms with E-state index in [0.29, 0.717) is 12.6 Å². The summed E-state index contributed by atoms with van der Waals surface area (Å²) >= 11 is 0. The SMILES string of the molecule is COc1ccc2c(C(=O)CNC3CCCC3)c[nH]c2c1. The van der Waals surface area contributed by atoms with E-state index in [1.165, 1.54) is 25.7 Å². The fraction of sp³-hybridized carbons (Fsp3) is 0.438. The number of carbonyl (C=O) groups excluding carboxylic acids is 1. The highest BCUT2D eigenvalue weighted by Crippen LogP contribution is 2.23. The summed E-state index contributed by atoms with van der Waals surface area (Å²) in [6, 6.07) is 6.26. The molecule has 2 N–H and O–H groups in total. The van der Waals surface area contributed by atoms with Gasteiger partial charge < -0.3 is 15.0 Å². The summed E-state index contributed by atoms with van der Waals surface area (Å²) in [6.07, 6.45) is 6.73. The van der Waals surface area contributed by atoms with Crippen molar-refractivity contribution in [2.75, 3.05) is 13.7 Å². The molecule has 1 aromatic carbocycles. The number of ketones is 1. The Morgan fingerprint density at radius 2 is 2.20 bits per heavy atom. The molecule has 1 aromatic heterocycles. The van der Waals surface area contributed by atoms with Crippen LogP contribution in [0.1, 0.15) is 36.0 Å². The van der Waals surface area contributed by atoms with E-state index in [4.69, 9.17) is 4.74 Å². The number of hydrogen-bond acceptors (Lipinski definition) is 3. The summed E-state index contributed by atoms with van der Waals surface area (Å²) in [6.45, 7) is 0.420. The van der Waals surface area contributed by atoms with Crippen molar-refractivity contribution < 1.29 is 9.53 Å². The normalized spacial score (nSPS) is 15.8. The van der Waals surface area contributed by atoms with Gasteiger partial charge in [-0.2, -0.15) is 0 Å². The van der Waals surface area contributed by atoms with Crippen LogP contribution in [0.3, 0.4) is 0 Å². The van der Waals surface area contributed by atoms with Crippen molar-refractivity contribution in [3.8, 4) is 5.75 Å². The number of hydrogen-bond donors (Lipinski definition) is 2. The summed E-state index contributed by atoms with van der Waals surface area (Å²) in [7, 11) is 1.64. The molecule has 4 nitrogen and oxygen atoms in total. The Morgan fingerprint density at radius 3 is 2.95 bits per heavy atom. The first-order valence-corrected chi connectivity index (χ1v) is 7.19. The van der Waals surface area contributed by atoms with Gasteiger partial charge in [-0.15, -0.1) is 0 Å². The largest absolute Gasteiger partial charge is 0.497 e. The van der Waals surface area contributed by atoms with Crippen molar-refractivity contribution >= 4 is 16.7 Å². The third-order valence-corrected chi connectivity index (χ3v) is 4.10. The lowest BCUT2D eigenvalue weighted by molar-refractivity contribution is 0.0989. The zero-order chi connectivity index (χ0) is 13.9. The van der Waals surface area contributed by atoms with Gasteiger partial charge in [-0.1, -0.05) is 12.8 Å². The number of rotatable bonds is 5. The molecule has 1 fully saturated rings. The predicted molar refractivity (Wildman–Crippen MR) is 79.4 cm³/mol. The third kappa shape index (κ3) is 2.56. The quantitative estimate of drug-likeness (QED) is 0.823. The van der Waals surface area contributed by atoms with E-state index >= 15 is 0 Å². The fourth-order valence-corrected chi connectivity index (χ4v) is 2.93. The van der Waals surface area contributed by atoms with E-state index in [1.54, 1.807) is 13.3 Å². The van der Waals surface area contributed by atoms with Crippen LogP contribution in [-0.4, -0.2) is 30.5 Å². The molecule has 0 unspecified atom stereocenters. The molecule has 0 radical (unpaired) electrons. The van der Waals surface area contributed by atoms with Crippen LogP contribution in [0.2, 0.25) is 0 Å². The molecule has 20 heavy (non-hydrogen) atoms. The van der Waals surface area contributed by atoms with Crippen LogP contribution in [0.15, 0.2) is 24.4 Å². The number of H-pyrrole nitrogens is 1. The lowest BCUT2D eigenvalue weighted by atomic mass is 10.1. The van der Waals surface area contributed by atoms with Crippen LogP contribution in [-0.2, 0) is 0 Å². The highest BCUT2D eigenvalue weighted by atomic mass is 16.5. The molecule has 1 saturated carbocycles. The van der Waals surface area contributed by atoms with Crippen LogP contribution in [0.25, 0.3) is 10.9 Å². The standard InChI is InChI=1S/C16H20N2O2/c1-20-12-6-7-13-14(9-18-15(13)8-12)16(19)10-17-11-4-2-3-5-11/h6-9,11,17-18H,2-5,10H2,1H3. The summed E-state index contributed by atoms with van der Waals surface area (Å²) in [5.74, 6) is 0.941. The first kappa shape index (κ1) is 13.2. The molecular weight excluding hydrogens is 252 g/mol. The lowest BCUT2D eigenvalue weighted by Gasteiger charge is -2.10. The highest BCUT2D eigenvalue weighted by molar-refractivity contribution is 6.09. The third-order valence-electron chi connectivity index (χ3n) is 4.10. The number of ether oxygens (including phenoxy) is 1. The van der Waals surface area contributed by atoms with Gasteiger partial charge in [0.1, 0.15) is 5.75 Å². The molecule has 106 valence electrons. The van der Waals surface area contributed by atoms with E-state index in [1.807, 2.05) is 18.2 Å². The highest BCUT2D eigenvalue weighted by Gasteiger charge is 2.17. The minimum absolute atomic E-state index is 0.147. The van der Waals surface area contributed by atoms with Crippen LogP contribution >= 0.6 is 0 Å². The van der Waals surface area contributed by atoms with E-state index in [9.17, 15) is 4.79 Å². The van der Waals surface area contributed by atoms with Crippen molar-refractivity contribution in [1.82, 2.24) is 10.3 Å². The number of benzene rings is 1. The first-order chi connectivity index (χ1) is 9.78. The van der Waals surface area contributed by atoms with Crippen molar-refractivity contribution in [3.63, 3.8) is 0 Å². The number of methoxy groups -OCH3 is 1. The van der Waals surface area contributed by atoms with Crippen molar-refractivity contribution in [2.45, 2.75) is 31.7 Å². The minimum Gasteiger partial charge on any atom is -0.497 e. The van der Waals surface area contributed by atoms with Crippen LogP contribution in [0, 0.1) is 0 Å². The van der Waals surface area contributed by atoms with Crippen LogP contribution in [0.4, 0.5) is 0 Å².